The molecule has 0 aliphatic carbocycles. The normalized spacial score (nSPS) is 15.8. The second kappa shape index (κ2) is 5.14. The van der Waals surface area contributed by atoms with Gasteiger partial charge in [-0.05, 0) is 18.6 Å². The maximum Gasteiger partial charge on any atom is 0.251 e. The third-order valence-electron chi connectivity index (χ3n) is 2.90. The summed E-state index contributed by atoms with van der Waals surface area (Å²) >= 11 is 0. The molecule has 1 N–H and O–H groups in total. The third-order valence-corrected chi connectivity index (χ3v) is 2.90. The van der Waals surface area contributed by atoms with Gasteiger partial charge in [-0.3, -0.25) is 4.79 Å². The van der Waals surface area contributed by atoms with Crippen molar-refractivity contribution in [3.05, 3.63) is 23.4 Å². The van der Waals surface area contributed by atoms with E-state index in [-0.39, 0.29) is 5.91 Å². The number of carbonyl (C=O) groups is 1. The van der Waals surface area contributed by atoms with Crippen LogP contribution in [0.25, 0.3) is 0 Å². The Labute approximate surface area is 101 Å². The Hall–Kier alpha value is -1.62. The van der Waals surface area contributed by atoms with E-state index in [1.54, 1.807) is 13.2 Å². The van der Waals surface area contributed by atoms with E-state index < -0.39 is 0 Å². The van der Waals surface area contributed by atoms with Crippen LogP contribution in [0.2, 0.25) is 0 Å². The fourth-order valence-corrected chi connectivity index (χ4v) is 1.86. The minimum atomic E-state index is -0.0700. The van der Waals surface area contributed by atoms with Crippen molar-refractivity contribution in [2.45, 2.75) is 6.92 Å². The molecule has 0 bridgehead atoms. The van der Waals surface area contributed by atoms with Gasteiger partial charge in [-0.25, -0.2) is 4.98 Å². The summed E-state index contributed by atoms with van der Waals surface area (Å²) in [5.41, 5.74) is 1.57. The number of hydrogen-bond acceptors (Lipinski definition) is 4. The van der Waals surface area contributed by atoms with Crippen LogP contribution in [0.5, 0.6) is 0 Å². The molecule has 1 fully saturated rings. The molecule has 1 aromatic heterocycles. The molecular formula is C12H17N3O2. The topological polar surface area (TPSA) is 54.5 Å². The Morgan fingerprint density at radius 1 is 1.47 bits per heavy atom. The van der Waals surface area contributed by atoms with Crippen LogP contribution >= 0.6 is 0 Å². The van der Waals surface area contributed by atoms with Crippen LogP contribution in [-0.4, -0.2) is 44.2 Å². The lowest BCUT2D eigenvalue weighted by atomic mass is 10.1. The van der Waals surface area contributed by atoms with Gasteiger partial charge in [0.05, 0.1) is 13.2 Å². The van der Waals surface area contributed by atoms with Crippen molar-refractivity contribution in [1.29, 1.82) is 0 Å². The Bertz CT molecular complexity index is 414. The van der Waals surface area contributed by atoms with Crippen LogP contribution in [-0.2, 0) is 4.74 Å². The highest BCUT2D eigenvalue weighted by atomic mass is 16.5. The standard InChI is InChI=1S/C12H17N3O2/c1-9-8-14-11(7-10(9)12(16)13-2)15-3-5-17-6-4-15/h7-8H,3-6H2,1-2H3,(H,13,16). The summed E-state index contributed by atoms with van der Waals surface area (Å²) in [5, 5.41) is 2.64. The van der Waals surface area contributed by atoms with E-state index in [2.05, 4.69) is 15.2 Å². The van der Waals surface area contributed by atoms with Crippen molar-refractivity contribution >= 4 is 11.7 Å². The predicted molar refractivity (Wildman–Crippen MR) is 65.4 cm³/mol. The smallest absolute Gasteiger partial charge is 0.251 e. The van der Waals surface area contributed by atoms with Gasteiger partial charge in [-0.1, -0.05) is 0 Å². The molecule has 1 saturated heterocycles. The van der Waals surface area contributed by atoms with Gasteiger partial charge in [-0.15, -0.1) is 0 Å². The van der Waals surface area contributed by atoms with Crippen LogP contribution in [0, 0.1) is 6.92 Å². The number of ether oxygens (including phenoxy) is 1. The van der Waals surface area contributed by atoms with E-state index in [0.717, 1.165) is 24.5 Å². The summed E-state index contributed by atoms with van der Waals surface area (Å²) in [6.07, 6.45) is 1.75. The van der Waals surface area contributed by atoms with Crippen molar-refractivity contribution in [3.63, 3.8) is 0 Å². The zero-order valence-electron chi connectivity index (χ0n) is 10.2. The number of nitrogens with one attached hydrogen (secondary N) is 1. The number of anilines is 1. The molecular weight excluding hydrogens is 218 g/mol. The molecule has 17 heavy (non-hydrogen) atoms. The Morgan fingerprint density at radius 3 is 2.82 bits per heavy atom. The number of nitrogens with zero attached hydrogens (tertiary/aromatic N) is 2. The Morgan fingerprint density at radius 2 is 2.18 bits per heavy atom. The molecule has 0 unspecified atom stereocenters. The van der Waals surface area contributed by atoms with Crippen molar-refractivity contribution in [2.24, 2.45) is 0 Å². The average Bonchev–Trinajstić information content (AvgIpc) is 2.39. The van der Waals surface area contributed by atoms with Gasteiger partial charge >= 0.3 is 0 Å². The van der Waals surface area contributed by atoms with Crippen LogP contribution in [0.3, 0.4) is 0 Å². The number of aromatic nitrogens is 1. The predicted octanol–water partition coefficient (Wildman–Crippen LogP) is 0.586. The highest BCUT2D eigenvalue weighted by Crippen LogP contribution is 2.17. The first-order chi connectivity index (χ1) is 8.22. The fourth-order valence-electron chi connectivity index (χ4n) is 1.86. The summed E-state index contributed by atoms with van der Waals surface area (Å²) in [6.45, 7) is 4.96. The zero-order chi connectivity index (χ0) is 12.3. The molecule has 0 saturated carbocycles. The molecule has 0 atom stereocenters. The molecule has 92 valence electrons. The SMILES string of the molecule is CNC(=O)c1cc(N2CCOCC2)ncc1C. The maximum atomic E-state index is 11.7. The second-order valence-electron chi connectivity index (χ2n) is 4.04. The van der Waals surface area contributed by atoms with Crippen molar-refractivity contribution in [1.82, 2.24) is 10.3 Å². The molecule has 2 heterocycles. The molecule has 0 aromatic carbocycles. The van der Waals surface area contributed by atoms with Gasteiger partial charge in [0.1, 0.15) is 5.82 Å². The molecule has 1 aromatic rings. The summed E-state index contributed by atoms with van der Waals surface area (Å²) in [4.78, 5) is 18.2. The number of carbonyl (C=O) groups excluding carboxylic acids is 1. The molecule has 2 rings (SSSR count). The van der Waals surface area contributed by atoms with Crippen molar-refractivity contribution < 1.29 is 9.53 Å². The lowest BCUT2D eigenvalue weighted by Crippen LogP contribution is -2.37. The van der Waals surface area contributed by atoms with Gasteiger partial charge in [0, 0.05) is 31.9 Å². The van der Waals surface area contributed by atoms with Crippen LogP contribution in [0.15, 0.2) is 12.3 Å². The second-order valence-corrected chi connectivity index (χ2v) is 4.04. The van der Waals surface area contributed by atoms with Crippen molar-refractivity contribution in [2.75, 3.05) is 38.3 Å². The summed E-state index contributed by atoms with van der Waals surface area (Å²) in [5.74, 6) is 0.775. The number of rotatable bonds is 2. The molecule has 5 nitrogen and oxygen atoms in total. The van der Waals surface area contributed by atoms with E-state index >= 15 is 0 Å². The van der Waals surface area contributed by atoms with Crippen molar-refractivity contribution in [3.8, 4) is 0 Å². The molecule has 1 aliphatic rings. The third kappa shape index (κ3) is 2.55. The molecule has 0 radical (unpaired) electrons. The van der Waals surface area contributed by atoms with Gasteiger partial charge in [0.25, 0.3) is 5.91 Å². The van der Waals surface area contributed by atoms with Crippen LogP contribution < -0.4 is 10.2 Å². The molecule has 5 heteroatoms. The van der Waals surface area contributed by atoms with E-state index in [1.165, 1.54) is 0 Å². The number of aryl methyl sites for hydroxylation is 1. The largest absolute Gasteiger partial charge is 0.378 e. The first-order valence-corrected chi connectivity index (χ1v) is 5.74. The highest BCUT2D eigenvalue weighted by molar-refractivity contribution is 5.96. The van der Waals surface area contributed by atoms with E-state index in [9.17, 15) is 4.79 Å². The summed E-state index contributed by atoms with van der Waals surface area (Å²) in [6, 6.07) is 1.85. The number of hydrogen-bond donors (Lipinski definition) is 1. The van der Waals surface area contributed by atoms with Gasteiger partial charge in [0.15, 0.2) is 0 Å². The fraction of sp³-hybridized carbons (Fsp3) is 0.500. The molecule has 1 amide bonds. The first-order valence-electron chi connectivity index (χ1n) is 5.74. The highest BCUT2D eigenvalue weighted by Gasteiger charge is 2.15. The minimum Gasteiger partial charge on any atom is -0.378 e. The monoisotopic (exact) mass is 235 g/mol. The number of morpholine rings is 1. The summed E-state index contributed by atoms with van der Waals surface area (Å²) < 4.78 is 5.30. The van der Waals surface area contributed by atoms with E-state index in [4.69, 9.17) is 4.74 Å². The summed E-state index contributed by atoms with van der Waals surface area (Å²) in [7, 11) is 1.64. The Kier molecular flexibility index (Phi) is 3.58. The lowest BCUT2D eigenvalue weighted by molar-refractivity contribution is 0.0962. The minimum absolute atomic E-state index is 0.0700. The molecule has 0 spiro atoms. The number of amides is 1. The lowest BCUT2D eigenvalue weighted by Gasteiger charge is -2.28. The van der Waals surface area contributed by atoms with Crippen LogP contribution in [0.1, 0.15) is 15.9 Å². The molecule has 1 aliphatic heterocycles. The van der Waals surface area contributed by atoms with Gasteiger partial charge in [-0.2, -0.15) is 0 Å². The zero-order valence-corrected chi connectivity index (χ0v) is 10.2. The Balaban J connectivity index is 2.26. The maximum absolute atomic E-state index is 11.7. The van der Waals surface area contributed by atoms with Gasteiger partial charge < -0.3 is 15.0 Å². The van der Waals surface area contributed by atoms with E-state index in [0.29, 0.717) is 18.8 Å². The van der Waals surface area contributed by atoms with E-state index in [1.807, 2.05) is 13.0 Å². The van der Waals surface area contributed by atoms with Gasteiger partial charge in [0.2, 0.25) is 0 Å². The first kappa shape index (κ1) is 11.9. The van der Waals surface area contributed by atoms with Crippen LogP contribution in [0.4, 0.5) is 5.82 Å². The average molecular weight is 235 g/mol. The quantitative estimate of drug-likeness (QED) is 0.815. The number of pyridine rings is 1.